The van der Waals surface area contributed by atoms with Gasteiger partial charge in [-0.05, 0) is 42.3 Å². The Labute approximate surface area is 117 Å². The number of benzene rings is 1. The summed E-state index contributed by atoms with van der Waals surface area (Å²) in [5, 5.41) is 0.443. The fraction of sp³-hybridized carbons (Fsp3) is 0.214. The highest BCUT2D eigenvalue weighted by molar-refractivity contribution is 6.29. The van der Waals surface area contributed by atoms with E-state index >= 15 is 0 Å². The lowest BCUT2D eigenvalue weighted by atomic mass is 10.0. The summed E-state index contributed by atoms with van der Waals surface area (Å²) >= 11 is 5.91. The molecule has 1 aromatic heterocycles. The van der Waals surface area contributed by atoms with Crippen molar-refractivity contribution >= 4 is 11.6 Å². The number of hydrogen-bond donors (Lipinski definition) is 2. The standard InChI is InChI=1S/C14H16ClN3O/c1-2-19-12-5-3-4-10(8-12)14(18-16)11-6-7-17-13(15)9-11/h3-9,14,18H,2,16H2,1H3. The van der Waals surface area contributed by atoms with Crippen LogP contribution < -0.4 is 16.0 Å². The molecule has 4 nitrogen and oxygen atoms in total. The van der Waals surface area contributed by atoms with Crippen LogP contribution in [0.4, 0.5) is 0 Å². The molecule has 0 aliphatic carbocycles. The molecule has 1 heterocycles. The van der Waals surface area contributed by atoms with E-state index in [2.05, 4.69) is 10.4 Å². The summed E-state index contributed by atoms with van der Waals surface area (Å²) in [5.74, 6) is 6.48. The molecule has 0 fully saturated rings. The first kappa shape index (κ1) is 13.8. The largest absolute Gasteiger partial charge is 0.494 e. The average Bonchev–Trinajstić information content (AvgIpc) is 2.41. The predicted octanol–water partition coefficient (Wildman–Crippen LogP) is 2.69. The Bertz CT molecular complexity index is 548. The summed E-state index contributed by atoms with van der Waals surface area (Å²) in [4.78, 5) is 3.97. The van der Waals surface area contributed by atoms with E-state index < -0.39 is 0 Å². The Kier molecular flexibility index (Phi) is 4.74. The third-order valence-corrected chi connectivity index (χ3v) is 2.96. The molecule has 1 unspecified atom stereocenters. The van der Waals surface area contributed by atoms with Crippen molar-refractivity contribution in [1.29, 1.82) is 0 Å². The molecule has 0 aliphatic rings. The molecule has 2 aromatic rings. The Hall–Kier alpha value is -1.62. The van der Waals surface area contributed by atoms with Crippen LogP contribution in [-0.4, -0.2) is 11.6 Å². The van der Waals surface area contributed by atoms with Gasteiger partial charge >= 0.3 is 0 Å². The summed E-state index contributed by atoms with van der Waals surface area (Å²) in [6.45, 7) is 2.58. The number of ether oxygens (including phenoxy) is 1. The highest BCUT2D eigenvalue weighted by Gasteiger charge is 2.13. The SMILES string of the molecule is CCOc1cccc(C(NN)c2ccnc(Cl)c2)c1. The van der Waals surface area contributed by atoms with Crippen molar-refractivity contribution < 1.29 is 4.74 Å². The van der Waals surface area contributed by atoms with Gasteiger partial charge in [-0.1, -0.05) is 23.7 Å². The van der Waals surface area contributed by atoms with Crippen LogP contribution in [0.2, 0.25) is 5.15 Å². The molecule has 0 saturated carbocycles. The molecular weight excluding hydrogens is 262 g/mol. The highest BCUT2D eigenvalue weighted by Crippen LogP contribution is 2.25. The summed E-state index contributed by atoms with van der Waals surface area (Å²) in [6, 6.07) is 11.3. The van der Waals surface area contributed by atoms with E-state index in [1.807, 2.05) is 37.3 Å². The monoisotopic (exact) mass is 277 g/mol. The van der Waals surface area contributed by atoms with Gasteiger partial charge in [-0.25, -0.2) is 10.4 Å². The zero-order valence-corrected chi connectivity index (χ0v) is 11.4. The number of nitrogens with one attached hydrogen (secondary N) is 1. The zero-order valence-electron chi connectivity index (χ0n) is 10.6. The minimum Gasteiger partial charge on any atom is -0.494 e. The number of nitrogens with zero attached hydrogens (tertiary/aromatic N) is 1. The molecule has 100 valence electrons. The third-order valence-electron chi connectivity index (χ3n) is 2.75. The second-order valence-electron chi connectivity index (χ2n) is 4.02. The third kappa shape index (κ3) is 3.44. The Morgan fingerprint density at radius 2 is 2.11 bits per heavy atom. The topological polar surface area (TPSA) is 60.2 Å². The second-order valence-corrected chi connectivity index (χ2v) is 4.40. The van der Waals surface area contributed by atoms with Crippen LogP contribution in [-0.2, 0) is 0 Å². The summed E-state index contributed by atoms with van der Waals surface area (Å²) < 4.78 is 5.49. The molecule has 0 bridgehead atoms. The first-order valence-electron chi connectivity index (χ1n) is 6.05. The van der Waals surface area contributed by atoms with E-state index in [0.717, 1.165) is 16.9 Å². The molecule has 19 heavy (non-hydrogen) atoms. The van der Waals surface area contributed by atoms with Gasteiger partial charge in [0.2, 0.25) is 0 Å². The molecule has 3 N–H and O–H groups in total. The maximum absolute atomic E-state index is 5.91. The number of hydrazine groups is 1. The van der Waals surface area contributed by atoms with Crippen molar-refractivity contribution in [3.8, 4) is 5.75 Å². The second kappa shape index (κ2) is 6.52. The Morgan fingerprint density at radius 3 is 2.79 bits per heavy atom. The predicted molar refractivity (Wildman–Crippen MR) is 76.0 cm³/mol. The van der Waals surface area contributed by atoms with E-state index in [4.69, 9.17) is 22.2 Å². The smallest absolute Gasteiger partial charge is 0.129 e. The molecule has 1 aromatic carbocycles. The van der Waals surface area contributed by atoms with Crippen LogP contribution in [0.3, 0.4) is 0 Å². The number of halogens is 1. The van der Waals surface area contributed by atoms with Crippen LogP contribution in [0.5, 0.6) is 5.75 Å². The van der Waals surface area contributed by atoms with Crippen molar-refractivity contribution in [2.24, 2.45) is 5.84 Å². The van der Waals surface area contributed by atoms with Gasteiger partial charge in [0, 0.05) is 6.20 Å². The van der Waals surface area contributed by atoms with Crippen molar-refractivity contribution in [3.05, 3.63) is 58.9 Å². The number of hydrogen-bond acceptors (Lipinski definition) is 4. The van der Waals surface area contributed by atoms with Crippen molar-refractivity contribution in [2.75, 3.05) is 6.61 Å². The van der Waals surface area contributed by atoms with Gasteiger partial charge in [0.1, 0.15) is 10.9 Å². The van der Waals surface area contributed by atoms with E-state index in [1.54, 1.807) is 12.3 Å². The van der Waals surface area contributed by atoms with E-state index in [-0.39, 0.29) is 6.04 Å². The molecule has 0 amide bonds. The molecule has 0 spiro atoms. The van der Waals surface area contributed by atoms with Gasteiger partial charge in [0.05, 0.1) is 12.6 Å². The van der Waals surface area contributed by atoms with Gasteiger partial charge in [0.25, 0.3) is 0 Å². The first-order chi connectivity index (χ1) is 9.24. The summed E-state index contributed by atoms with van der Waals surface area (Å²) in [6.07, 6.45) is 1.66. The Balaban J connectivity index is 2.33. The first-order valence-corrected chi connectivity index (χ1v) is 6.42. The van der Waals surface area contributed by atoms with Crippen LogP contribution in [0.15, 0.2) is 42.6 Å². The molecule has 0 aliphatic heterocycles. The lowest BCUT2D eigenvalue weighted by molar-refractivity contribution is 0.339. The molecule has 1 atom stereocenters. The summed E-state index contributed by atoms with van der Waals surface area (Å²) in [7, 11) is 0. The lowest BCUT2D eigenvalue weighted by Crippen LogP contribution is -2.28. The van der Waals surface area contributed by atoms with E-state index in [9.17, 15) is 0 Å². The maximum Gasteiger partial charge on any atom is 0.129 e. The molecule has 0 saturated heterocycles. The quantitative estimate of drug-likeness (QED) is 0.501. The van der Waals surface area contributed by atoms with Crippen molar-refractivity contribution in [1.82, 2.24) is 10.4 Å². The van der Waals surface area contributed by atoms with Gasteiger partial charge < -0.3 is 4.74 Å². The minimum atomic E-state index is -0.152. The number of pyridine rings is 1. The van der Waals surface area contributed by atoms with Gasteiger partial charge in [-0.2, -0.15) is 0 Å². The van der Waals surface area contributed by atoms with Crippen LogP contribution >= 0.6 is 11.6 Å². The van der Waals surface area contributed by atoms with Gasteiger partial charge in [-0.15, -0.1) is 0 Å². The van der Waals surface area contributed by atoms with E-state index in [0.29, 0.717) is 11.8 Å². The number of rotatable bonds is 5. The van der Waals surface area contributed by atoms with Crippen LogP contribution in [0.25, 0.3) is 0 Å². The number of nitrogens with two attached hydrogens (primary N) is 1. The number of aromatic nitrogens is 1. The van der Waals surface area contributed by atoms with Gasteiger partial charge in [-0.3, -0.25) is 5.84 Å². The van der Waals surface area contributed by atoms with E-state index in [1.165, 1.54) is 0 Å². The highest BCUT2D eigenvalue weighted by atomic mass is 35.5. The van der Waals surface area contributed by atoms with Crippen molar-refractivity contribution in [3.63, 3.8) is 0 Å². The normalized spacial score (nSPS) is 12.2. The molecule has 5 heteroatoms. The van der Waals surface area contributed by atoms with Gasteiger partial charge in [0.15, 0.2) is 0 Å². The minimum absolute atomic E-state index is 0.152. The zero-order chi connectivity index (χ0) is 13.7. The lowest BCUT2D eigenvalue weighted by Gasteiger charge is -2.17. The molecule has 0 radical (unpaired) electrons. The van der Waals surface area contributed by atoms with Crippen molar-refractivity contribution in [2.45, 2.75) is 13.0 Å². The van der Waals surface area contributed by atoms with Crippen LogP contribution in [0, 0.1) is 0 Å². The summed E-state index contributed by atoms with van der Waals surface area (Å²) in [5.41, 5.74) is 4.75. The molecular formula is C14H16ClN3O. The Morgan fingerprint density at radius 1 is 1.32 bits per heavy atom. The fourth-order valence-electron chi connectivity index (χ4n) is 1.93. The van der Waals surface area contributed by atoms with Crippen LogP contribution in [0.1, 0.15) is 24.1 Å². The maximum atomic E-state index is 5.91. The average molecular weight is 278 g/mol. The fourth-order valence-corrected chi connectivity index (χ4v) is 2.11. The molecule has 2 rings (SSSR count).